The van der Waals surface area contributed by atoms with Gasteiger partial charge in [0.2, 0.25) is 0 Å². The second-order valence-electron chi connectivity index (χ2n) is 9.35. The van der Waals surface area contributed by atoms with Crippen LogP contribution in [0.1, 0.15) is 74.3 Å². The molecule has 2 heterocycles. The lowest BCUT2D eigenvalue weighted by molar-refractivity contribution is 0.0952. The molecule has 0 saturated heterocycles. The van der Waals surface area contributed by atoms with Crippen LogP contribution in [0.3, 0.4) is 0 Å². The number of carbonyl (C=O) groups excluding carboxylic acids is 1. The van der Waals surface area contributed by atoms with E-state index < -0.39 is 0 Å². The van der Waals surface area contributed by atoms with E-state index in [1.165, 1.54) is 32.1 Å². The lowest BCUT2D eigenvalue weighted by atomic mass is 9.87. The molecule has 5 nitrogen and oxygen atoms in total. The molecule has 0 bridgehead atoms. The van der Waals surface area contributed by atoms with Gasteiger partial charge in [-0.25, -0.2) is 4.98 Å². The van der Waals surface area contributed by atoms with Crippen LogP contribution in [0.15, 0.2) is 35.7 Å². The molecule has 34 heavy (non-hydrogen) atoms. The van der Waals surface area contributed by atoms with E-state index in [-0.39, 0.29) is 5.91 Å². The number of aromatic nitrogens is 2. The summed E-state index contributed by atoms with van der Waals surface area (Å²) in [5, 5.41) is 6.19. The van der Waals surface area contributed by atoms with Crippen molar-refractivity contribution in [2.45, 2.75) is 71.8 Å². The summed E-state index contributed by atoms with van der Waals surface area (Å²) in [5.41, 5.74) is 4.87. The SMILES string of the molecule is CCCCNC(=O)c1cc(-c2csc(-c3ccc(OC)cc3)n2)n(CCC2CCCCC2)c1C. The Kier molecular flexibility index (Phi) is 8.44. The van der Waals surface area contributed by atoms with Gasteiger partial charge < -0.3 is 14.6 Å². The lowest BCUT2D eigenvalue weighted by Gasteiger charge is -2.22. The van der Waals surface area contributed by atoms with Gasteiger partial charge in [0.15, 0.2) is 0 Å². The molecule has 1 aromatic carbocycles. The van der Waals surface area contributed by atoms with Gasteiger partial charge in [-0.15, -0.1) is 11.3 Å². The Morgan fingerprint density at radius 3 is 2.68 bits per heavy atom. The molecule has 1 fully saturated rings. The number of amides is 1. The lowest BCUT2D eigenvalue weighted by Crippen LogP contribution is -2.24. The molecule has 0 aliphatic heterocycles. The number of nitrogens with one attached hydrogen (secondary N) is 1. The molecule has 3 aromatic rings. The van der Waals surface area contributed by atoms with E-state index in [1.54, 1.807) is 18.4 Å². The van der Waals surface area contributed by atoms with Crippen LogP contribution in [0.5, 0.6) is 5.75 Å². The molecule has 0 radical (unpaired) electrons. The third-order valence-electron chi connectivity index (χ3n) is 7.02. The van der Waals surface area contributed by atoms with E-state index in [0.717, 1.165) is 77.2 Å². The number of hydrogen-bond donors (Lipinski definition) is 1. The topological polar surface area (TPSA) is 56.1 Å². The average Bonchev–Trinajstić information content (AvgIpc) is 3.48. The van der Waals surface area contributed by atoms with E-state index in [4.69, 9.17) is 9.72 Å². The standard InChI is InChI=1S/C28H37N3O2S/c1-4-5-16-29-27(32)24-18-26(31(20(24)2)17-15-21-9-7-6-8-10-21)25-19-34-28(30-25)22-11-13-23(33-3)14-12-22/h11-14,18-19,21H,4-10,15-17H2,1-3H3,(H,29,32). The zero-order valence-corrected chi connectivity index (χ0v) is 21.5. The molecule has 0 spiro atoms. The van der Waals surface area contributed by atoms with Gasteiger partial charge in [-0.2, -0.15) is 0 Å². The molecule has 1 aliphatic rings. The first-order valence-corrected chi connectivity index (χ1v) is 13.6. The summed E-state index contributed by atoms with van der Waals surface area (Å²) in [6.45, 7) is 5.87. The van der Waals surface area contributed by atoms with Crippen LogP contribution in [0.25, 0.3) is 22.0 Å². The van der Waals surface area contributed by atoms with Crippen molar-refractivity contribution < 1.29 is 9.53 Å². The monoisotopic (exact) mass is 479 g/mol. The van der Waals surface area contributed by atoms with E-state index >= 15 is 0 Å². The fourth-order valence-electron chi connectivity index (χ4n) is 4.89. The Hall–Kier alpha value is -2.60. The van der Waals surface area contributed by atoms with Crippen molar-refractivity contribution in [3.63, 3.8) is 0 Å². The number of nitrogens with zero attached hydrogens (tertiary/aromatic N) is 2. The number of carbonyl (C=O) groups is 1. The summed E-state index contributed by atoms with van der Waals surface area (Å²) in [4.78, 5) is 18.0. The van der Waals surface area contributed by atoms with Crippen LogP contribution < -0.4 is 10.1 Å². The average molecular weight is 480 g/mol. The van der Waals surface area contributed by atoms with Crippen molar-refractivity contribution in [2.75, 3.05) is 13.7 Å². The van der Waals surface area contributed by atoms with E-state index in [0.29, 0.717) is 0 Å². The number of benzene rings is 1. The summed E-state index contributed by atoms with van der Waals surface area (Å²) < 4.78 is 7.62. The molecule has 1 N–H and O–H groups in total. The number of rotatable bonds is 10. The van der Waals surface area contributed by atoms with E-state index in [9.17, 15) is 4.79 Å². The highest BCUT2D eigenvalue weighted by atomic mass is 32.1. The Morgan fingerprint density at radius 2 is 1.97 bits per heavy atom. The first-order chi connectivity index (χ1) is 16.6. The van der Waals surface area contributed by atoms with Gasteiger partial charge in [0.05, 0.1) is 24.1 Å². The smallest absolute Gasteiger partial charge is 0.253 e. The van der Waals surface area contributed by atoms with Gasteiger partial charge >= 0.3 is 0 Å². The van der Waals surface area contributed by atoms with Crippen molar-refractivity contribution >= 4 is 17.2 Å². The van der Waals surface area contributed by atoms with Crippen LogP contribution >= 0.6 is 11.3 Å². The maximum absolute atomic E-state index is 13.0. The molecule has 2 aromatic heterocycles. The minimum Gasteiger partial charge on any atom is -0.497 e. The number of ether oxygens (including phenoxy) is 1. The highest BCUT2D eigenvalue weighted by Gasteiger charge is 2.22. The van der Waals surface area contributed by atoms with Crippen LogP contribution in [-0.4, -0.2) is 29.1 Å². The van der Waals surface area contributed by atoms with Crippen LogP contribution in [0.2, 0.25) is 0 Å². The number of methoxy groups -OCH3 is 1. The predicted molar refractivity (Wildman–Crippen MR) is 141 cm³/mol. The van der Waals surface area contributed by atoms with Crippen molar-refractivity contribution in [1.82, 2.24) is 14.9 Å². The van der Waals surface area contributed by atoms with Crippen LogP contribution in [-0.2, 0) is 6.54 Å². The molecule has 1 saturated carbocycles. The molecule has 1 aliphatic carbocycles. The van der Waals surface area contributed by atoms with E-state index in [1.807, 2.05) is 30.3 Å². The molecule has 6 heteroatoms. The number of unbranched alkanes of at least 4 members (excludes halogenated alkanes) is 1. The van der Waals surface area contributed by atoms with Crippen LogP contribution in [0, 0.1) is 12.8 Å². The van der Waals surface area contributed by atoms with Crippen LogP contribution in [0.4, 0.5) is 0 Å². The van der Waals surface area contributed by atoms with E-state index in [2.05, 4.69) is 29.1 Å². The Bertz CT molecular complexity index is 1080. The molecular formula is C28H37N3O2S. The predicted octanol–water partition coefficient (Wildman–Crippen LogP) is 7.10. The Balaban J connectivity index is 1.61. The molecule has 1 amide bonds. The summed E-state index contributed by atoms with van der Waals surface area (Å²) in [5.74, 6) is 1.65. The Labute approximate surface area is 207 Å². The fraction of sp³-hybridized carbons (Fsp3) is 0.500. The largest absolute Gasteiger partial charge is 0.497 e. The third kappa shape index (κ3) is 5.72. The molecular weight excluding hydrogens is 442 g/mol. The van der Waals surface area contributed by atoms with Gasteiger partial charge in [-0.05, 0) is 56.0 Å². The maximum Gasteiger partial charge on any atom is 0.253 e. The summed E-state index contributed by atoms with van der Waals surface area (Å²) in [6.07, 6.45) is 9.97. The highest BCUT2D eigenvalue weighted by molar-refractivity contribution is 7.13. The van der Waals surface area contributed by atoms with Crippen molar-refractivity contribution in [2.24, 2.45) is 5.92 Å². The second kappa shape index (κ2) is 11.7. The van der Waals surface area contributed by atoms with Crippen molar-refractivity contribution in [1.29, 1.82) is 0 Å². The number of thiazole rings is 1. The zero-order chi connectivity index (χ0) is 23.9. The molecule has 0 atom stereocenters. The zero-order valence-electron chi connectivity index (χ0n) is 20.7. The molecule has 4 rings (SSSR count). The summed E-state index contributed by atoms with van der Waals surface area (Å²) in [7, 11) is 1.68. The quantitative estimate of drug-likeness (QED) is 0.316. The molecule has 182 valence electrons. The minimum atomic E-state index is 0.0224. The maximum atomic E-state index is 13.0. The summed E-state index contributed by atoms with van der Waals surface area (Å²) >= 11 is 1.64. The second-order valence-corrected chi connectivity index (χ2v) is 10.2. The van der Waals surface area contributed by atoms with Crippen molar-refractivity contribution in [3.8, 4) is 27.7 Å². The van der Waals surface area contributed by atoms with Gasteiger partial charge in [-0.3, -0.25) is 4.79 Å². The normalized spacial score (nSPS) is 14.3. The minimum absolute atomic E-state index is 0.0224. The summed E-state index contributed by atoms with van der Waals surface area (Å²) in [6, 6.07) is 10.1. The first-order valence-electron chi connectivity index (χ1n) is 12.7. The fourth-order valence-corrected chi connectivity index (χ4v) is 5.71. The van der Waals surface area contributed by atoms with Gasteiger partial charge in [0, 0.05) is 29.7 Å². The Morgan fingerprint density at radius 1 is 1.21 bits per heavy atom. The van der Waals surface area contributed by atoms with Gasteiger partial charge in [-0.1, -0.05) is 45.4 Å². The van der Waals surface area contributed by atoms with Crippen molar-refractivity contribution in [3.05, 3.63) is 47.0 Å². The van der Waals surface area contributed by atoms with Gasteiger partial charge in [0.25, 0.3) is 5.91 Å². The third-order valence-corrected chi connectivity index (χ3v) is 7.91. The van der Waals surface area contributed by atoms with Gasteiger partial charge in [0.1, 0.15) is 10.8 Å². The molecule has 0 unspecified atom stereocenters. The first kappa shape index (κ1) is 24.5. The highest BCUT2D eigenvalue weighted by Crippen LogP contribution is 2.34. The number of hydrogen-bond acceptors (Lipinski definition) is 4.